The molecule has 2 aromatic rings. The van der Waals surface area contributed by atoms with Crippen molar-refractivity contribution in [2.75, 3.05) is 26.1 Å². The third kappa shape index (κ3) is 2.81. The zero-order valence-corrected chi connectivity index (χ0v) is 14.0. The Morgan fingerprint density at radius 3 is 2.68 bits per heavy atom. The van der Waals surface area contributed by atoms with E-state index < -0.39 is 0 Å². The van der Waals surface area contributed by atoms with Gasteiger partial charge in [-0.05, 0) is 48.7 Å². The van der Waals surface area contributed by atoms with Crippen molar-refractivity contribution in [3.05, 3.63) is 53.6 Å². The van der Waals surface area contributed by atoms with Crippen molar-refractivity contribution in [2.24, 2.45) is 0 Å². The van der Waals surface area contributed by atoms with Crippen LogP contribution in [0.25, 0.3) is 0 Å². The first kappa shape index (κ1) is 15.3. The molecular formula is C18H21NO2S. The molecule has 0 amide bonds. The Balaban J connectivity index is 1.92. The van der Waals surface area contributed by atoms with Crippen LogP contribution in [-0.2, 0) is 16.0 Å². The monoisotopic (exact) mass is 315 g/mol. The topological polar surface area (TPSA) is 30.5 Å². The van der Waals surface area contributed by atoms with E-state index in [9.17, 15) is 0 Å². The molecule has 0 fully saturated rings. The van der Waals surface area contributed by atoms with Gasteiger partial charge in [-0.3, -0.25) is 0 Å². The molecule has 0 aliphatic carbocycles. The predicted octanol–water partition coefficient (Wildman–Crippen LogP) is 4.27. The second-order valence-electron chi connectivity index (χ2n) is 5.53. The quantitative estimate of drug-likeness (QED) is 0.892. The zero-order chi connectivity index (χ0) is 15.6. The van der Waals surface area contributed by atoms with Crippen molar-refractivity contribution in [3.63, 3.8) is 0 Å². The maximum atomic E-state index is 5.47. The second-order valence-corrected chi connectivity index (χ2v) is 6.99. The molecule has 1 atom stereocenters. The minimum Gasteiger partial charge on any atom is -0.496 e. The molecule has 3 rings (SSSR count). The zero-order valence-electron chi connectivity index (χ0n) is 13.2. The van der Waals surface area contributed by atoms with E-state index in [1.807, 2.05) is 11.8 Å². The van der Waals surface area contributed by atoms with Crippen LogP contribution < -0.4 is 10.1 Å². The van der Waals surface area contributed by atoms with Crippen molar-refractivity contribution in [3.8, 4) is 5.75 Å². The largest absolute Gasteiger partial charge is 0.496 e. The fraction of sp³-hybridized carbons (Fsp3) is 0.333. The number of rotatable bonds is 5. The third-order valence-electron chi connectivity index (χ3n) is 3.98. The number of hydrogen-bond acceptors (Lipinski definition) is 4. The number of benzene rings is 2. The molecule has 0 aromatic heterocycles. The summed E-state index contributed by atoms with van der Waals surface area (Å²) in [5, 5.41) is 3.64. The highest BCUT2D eigenvalue weighted by molar-refractivity contribution is 8.00. The highest BCUT2D eigenvalue weighted by Crippen LogP contribution is 2.51. The Bertz CT molecular complexity index is 647. The van der Waals surface area contributed by atoms with Crippen molar-refractivity contribution in [2.45, 2.75) is 23.1 Å². The number of methoxy groups -OCH3 is 2. The fourth-order valence-corrected chi connectivity index (χ4v) is 4.00. The molecule has 0 saturated carbocycles. The van der Waals surface area contributed by atoms with Crippen LogP contribution in [0.5, 0.6) is 5.75 Å². The highest BCUT2D eigenvalue weighted by Gasteiger charge is 2.35. The van der Waals surface area contributed by atoms with Crippen LogP contribution >= 0.6 is 11.8 Å². The van der Waals surface area contributed by atoms with Crippen LogP contribution in [0.4, 0.5) is 5.69 Å². The van der Waals surface area contributed by atoms with Gasteiger partial charge in [-0.1, -0.05) is 30.0 Å². The molecule has 2 aromatic carbocycles. The molecule has 3 nitrogen and oxygen atoms in total. The Kier molecular flexibility index (Phi) is 4.32. The van der Waals surface area contributed by atoms with E-state index in [-0.39, 0.29) is 4.87 Å². The Morgan fingerprint density at radius 2 is 1.95 bits per heavy atom. The predicted molar refractivity (Wildman–Crippen MR) is 91.8 cm³/mol. The van der Waals surface area contributed by atoms with Crippen molar-refractivity contribution < 1.29 is 9.47 Å². The summed E-state index contributed by atoms with van der Waals surface area (Å²) in [6, 6.07) is 14.9. The highest BCUT2D eigenvalue weighted by atomic mass is 32.2. The molecule has 4 heteroatoms. The van der Waals surface area contributed by atoms with Gasteiger partial charge in [0.1, 0.15) is 10.6 Å². The summed E-state index contributed by atoms with van der Waals surface area (Å²) in [5.74, 6) is 0.921. The maximum Gasteiger partial charge on any atom is 0.122 e. The Hall–Kier alpha value is -1.65. The van der Waals surface area contributed by atoms with E-state index in [0.717, 1.165) is 12.2 Å². The lowest BCUT2D eigenvalue weighted by atomic mass is 10.0. The van der Waals surface area contributed by atoms with E-state index in [1.165, 1.54) is 21.7 Å². The first-order chi connectivity index (χ1) is 10.7. The molecule has 0 spiro atoms. The van der Waals surface area contributed by atoms with Crippen LogP contribution in [-0.4, -0.2) is 20.8 Å². The van der Waals surface area contributed by atoms with Crippen LogP contribution in [0.3, 0.4) is 0 Å². The Labute approximate surface area is 136 Å². The van der Waals surface area contributed by atoms with E-state index in [1.54, 1.807) is 14.2 Å². The summed E-state index contributed by atoms with van der Waals surface area (Å²) in [6.45, 7) is 2.91. The smallest absolute Gasteiger partial charge is 0.122 e. The van der Waals surface area contributed by atoms with E-state index in [0.29, 0.717) is 6.61 Å². The third-order valence-corrected chi connectivity index (χ3v) is 5.30. The lowest BCUT2D eigenvalue weighted by Crippen LogP contribution is -2.24. The first-order valence-corrected chi connectivity index (χ1v) is 8.20. The molecule has 1 aliphatic heterocycles. The minimum absolute atomic E-state index is 0.155. The van der Waals surface area contributed by atoms with E-state index >= 15 is 0 Å². The van der Waals surface area contributed by atoms with Gasteiger partial charge in [-0.2, -0.15) is 0 Å². The molecule has 1 aliphatic rings. The number of nitrogens with one attached hydrogen (secondary N) is 1. The summed E-state index contributed by atoms with van der Waals surface area (Å²) in [6.07, 6.45) is 0.848. The maximum absolute atomic E-state index is 5.47. The van der Waals surface area contributed by atoms with Crippen LogP contribution in [0, 0.1) is 0 Å². The average molecular weight is 315 g/mol. The van der Waals surface area contributed by atoms with E-state index in [2.05, 4.69) is 54.7 Å². The SMILES string of the molecule is COCCc1cc(C2(C)Nc3ccccc3S2)ccc1OC. The fourth-order valence-electron chi connectivity index (χ4n) is 2.78. The molecule has 1 unspecified atom stereocenters. The van der Waals surface area contributed by atoms with Gasteiger partial charge < -0.3 is 14.8 Å². The summed E-state index contributed by atoms with van der Waals surface area (Å²) >= 11 is 1.85. The molecule has 1 N–H and O–H groups in total. The second kappa shape index (κ2) is 6.23. The van der Waals surface area contributed by atoms with Gasteiger partial charge in [0, 0.05) is 17.7 Å². The number of hydrogen-bond donors (Lipinski definition) is 1. The normalized spacial score (nSPS) is 19.6. The summed E-state index contributed by atoms with van der Waals surface area (Å²) in [7, 11) is 3.44. The molecule has 1 heterocycles. The van der Waals surface area contributed by atoms with Gasteiger partial charge in [0.05, 0.1) is 13.7 Å². The summed E-state index contributed by atoms with van der Waals surface area (Å²) in [5.41, 5.74) is 3.63. The number of ether oxygens (including phenoxy) is 2. The average Bonchev–Trinajstić information content (AvgIpc) is 2.90. The lowest BCUT2D eigenvalue weighted by molar-refractivity contribution is 0.201. The number of thioether (sulfide) groups is 1. The van der Waals surface area contributed by atoms with Crippen molar-refractivity contribution >= 4 is 17.4 Å². The van der Waals surface area contributed by atoms with Crippen LogP contribution in [0.2, 0.25) is 0 Å². The molecule has 22 heavy (non-hydrogen) atoms. The molecule has 0 radical (unpaired) electrons. The van der Waals surface area contributed by atoms with Gasteiger partial charge in [0.25, 0.3) is 0 Å². The van der Waals surface area contributed by atoms with Gasteiger partial charge >= 0.3 is 0 Å². The molecular weight excluding hydrogens is 294 g/mol. The van der Waals surface area contributed by atoms with Crippen molar-refractivity contribution in [1.82, 2.24) is 0 Å². The number of fused-ring (bicyclic) bond motifs is 1. The van der Waals surface area contributed by atoms with Crippen LogP contribution in [0.15, 0.2) is 47.4 Å². The number of para-hydroxylation sites is 1. The van der Waals surface area contributed by atoms with Gasteiger partial charge in [0.15, 0.2) is 0 Å². The summed E-state index contributed by atoms with van der Waals surface area (Å²) in [4.78, 5) is 1.14. The molecule has 0 bridgehead atoms. The van der Waals surface area contributed by atoms with Crippen LogP contribution in [0.1, 0.15) is 18.1 Å². The lowest BCUT2D eigenvalue weighted by Gasteiger charge is -2.26. The standard InChI is InChI=1S/C18H21NO2S/c1-18(19-15-6-4-5-7-17(15)22-18)14-8-9-16(21-3)13(12-14)10-11-20-2/h4-9,12,19H,10-11H2,1-3H3. The minimum atomic E-state index is -0.155. The molecule has 116 valence electrons. The van der Waals surface area contributed by atoms with Gasteiger partial charge in [-0.15, -0.1) is 0 Å². The van der Waals surface area contributed by atoms with Gasteiger partial charge in [-0.25, -0.2) is 0 Å². The van der Waals surface area contributed by atoms with Crippen molar-refractivity contribution in [1.29, 1.82) is 0 Å². The van der Waals surface area contributed by atoms with Gasteiger partial charge in [0.2, 0.25) is 0 Å². The first-order valence-electron chi connectivity index (χ1n) is 7.39. The Morgan fingerprint density at radius 1 is 1.14 bits per heavy atom. The van der Waals surface area contributed by atoms with E-state index in [4.69, 9.17) is 9.47 Å². The summed E-state index contributed by atoms with van der Waals surface area (Å²) < 4.78 is 10.7. The molecule has 0 saturated heterocycles. The number of anilines is 1.